The number of thiophene rings is 1. The van der Waals surface area contributed by atoms with Crippen molar-refractivity contribution < 1.29 is 33.6 Å². The normalized spacial score (nSPS) is 16.6. The van der Waals surface area contributed by atoms with E-state index in [4.69, 9.17) is 18.9 Å². The maximum Gasteiger partial charge on any atom is 0.295 e. The average Bonchev–Trinajstić information content (AvgIpc) is 3.53. The second kappa shape index (κ2) is 11.4. The second-order valence-corrected chi connectivity index (χ2v) is 9.37. The highest BCUT2D eigenvalue weighted by Gasteiger charge is 2.46. The van der Waals surface area contributed by atoms with E-state index in [1.165, 1.54) is 37.6 Å². The number of likely N-dealkylation sites (tertiary alicyclic amines) is 1. The Hall–Kier alpha value is -3.98. The summed E-state index contributed by atoms with van der Waals surface area (Å²) >= 11 is 1.48. The molecule has 8 nitrogen and oxygen atoms in total. The lowest BCUT2D eigenvalue weighted by Crippen LogP contribution is -2.29. The number of ketones is 1. The van der Waals surface area contributed by atoms with Crippen LogP contribution in [-0.2, 0) is 16.1 Å². The number of ether oxygens (including phenoxy) is 4. The molecule has 1 atom stereocenters. The van der Waals surface area contributed by atoms with Crippen LogP contribution < -0.4 is 18.9 Å². The van der Waals surface area contributed by atoms with Gasteiger partial charge in [-0.1, -0.05) is 25.1 Å². The average molecular weight is 524 g/mol. The van der Waals surface area contributed by atoms with E-state index in [0.717, 1.165) is 11.3 Å². The van der Waals surface area contributed by atoms with Gasteiger partial charge < -0.3 is 29.0 Å². The van der Waals surface area contributed by atoms with E-state index in [9.17, 15) is 14.7 Å². The van der Waals surface area contributed by atoms with Crippen molar-refractivity contribution in [2.45, 2.75) is 25.9 Å². The second-order valence-electron chi connectivity index (χ2n) is 8.34. The molecule has 2 aromatic carbocycles. The number of hydrogen-bond donors (Lipinski definition) is 1. The van der Waals surface area contributed by atoms with Gasteiger partial charge in [0, 0.05) is 10.4 Å². The van der Waals surface area contributed by atoms with Crippen LogP contribution in [0.5, 0.6) is 23.0 Å². The molecule has 0 spiro atoms. The summed E-state index contributed by atoms with van der Waals surface area (Å²) < 4.78 is 22.2. The number of benzene rings is 2. The molecule has 1 aromatic heterocycles. The van der Waals surface area contributed by atoms with Crippen molar-refractivity contribution in [2.24, 2.45) is 0 Å². The minimum Gasteiger partial charge on any atom is -0.507 e. The minimum atomic E-state index is -0.893. The number of carbonyl (C=O) groups is 2. The summed E-state index contributed by atoms with van der Waals surface area (Å²) in [4.78, 5) is 29.1. The van der Waals surface area contributed by atoms with Gasteiger partial charge in [-0.2, -0.15) is 0 Å². The summed E-state index contributed by atoms with van der Waals surface area (Å²) in [6.07, 6.45) is 0.825. The Balaban J connectivity index is 1.91. The molecule has 4 rings (SSSR count). The van der Waals surface area contributed by atoms with Crippen molar-refractivity contribution in [1.29, 1.82) is 0 Å². The SMILES string of the molecule is CCCOc1cccc(/C(O)=C2\C(=O)C(=O)N(Cc3cccs3)C2c2cc(OC)c(OC)c(OC)c2)c1. The molecule has 194 valence electrons. The molecule has 0 bridgehead atoms. The number of methoxy groups -OCH3 is 3. The van der Waals surface area contributed by atoms with Gasteiger partial charge in [-0.3, -0.25) is 9.59 Å². The van der Waals surface area contributed by atoms with Crippen LogP contribution in [0.4, 0.5) is 0 Å². The van der Waals surface area contributed by atoms with Gasteiger partial charge in [-0.05, 0) is 47.7 Å². The number of hydrogen-bond acceptors (Lipinski definition) is 8. The fourth-order valence-corrected chi connectivity index (χ4v) is 5.03. The van der Waals surface area contributed by atoms with E-state index >= 15 is 0 Å². The first-order valence-electron chi connectivity index (χ1n) is 11.8. The summed E-state index contributed by atoms with van der Waals surface area (Å²) in [5.74, 6) is -0.0812. The maximum atomic E-state index is 13.4. The lowest BCUT2D eigenvalue weighted by Gasteiger charge is -2.26. The molecular formula is C28H29NO7S. The van der Waals surface area contributed by atoms with Crippen LogP contribution in [0.3, 0.4) is 0 Å². The Morgan fingerprint density at radius 1 is 1.00 bits per heavy atom. The first kappa shape index (κ1) is 26.1. The third-order valence-corrected chi connectivity index (χ3v) is 6.89. The van der Waals surface area contributed by atoms with E-state index < -0.39 is 17.7 Å². The lowest BCUT2D eigenvalue weighted by atomic mass is 9.94. The molecular weight excluding hydrogens is 494 g/mol. The number of amides is 1. The standard InChI is InChI=1S/C28H29NO7S/c1-5-11-36-19-9-6-8-17(13-19)25(30)23-24(18-14-21(33-2)27(35-4)22(15-18)34-3)29(28(32)26(23)31)16-20-10-7-12-37-20/h6-10,12-15,24,30H,5,11,16H2,1-4H3/b25-23+. The summed E-state index contributed by atoms with van der Waals surface area (Å²) in [5, 5.41) is 13.3. The molecule has 1 aliphatic heterocycles. The Morgan fingerprint density at radius 3 is 2.32 bits per heavy atom. The van der Waals surface area contributed by atoms with Crippen molar-refractivity contribution in [3.8, 4) is 23.0 Å². The van der Waals surface area contributed by atoms with Crippen LogP contribution in [0.15, 0.2) is 59.5 Å². The van der Waals surface area contributed by atoms with Crippen LogP contribution in [-0.4, -0.2) is 49.6 Å². The Labute approximate surface area is 219 Å². The molecule has 1 unspecified atom stereocenters. The smallest absolute Gasteiger partial charge is 0.295 e. The van der Waals surface area contributed by atoms with Crippen molar-refractivity contribution in [3.63, 3.8) is 0 Å². The molecule has 2 heterocycles. The van der Waals surface area contributed by atoms with Gasteiger partial charge >= 0.3 is 0 Å². The van der Waals surface area contributed by atoms with E-state index in [0.29, 0.717) is 40.7 Å². The summed E-state index contributed by atoms with van der Waals surface area (Å²) in [6, 6.07) is 13.1. The van der Waals surface area contributed by atoms with Gasteiger partial charge in [0.25, 0.3) is 11.7 Å². The van der Waals surface area contributed by atoms with Crippen molar-refractivity contribution in [2.75, 3.05) is 27.9 Å². The summed E-state index contributed by atoms with van der Waals surface area (Å²) in [5.41, 5.74) is 0.883. The number of aliphatic hydroxyl groups is 1. The quantitative estimate of drug-likeness (QED) is 0.222. The molecule has 9 heteroatoms. The number of aliphatic hydroxyl groups excluding tert-OH is 1. The predicted molar refractivity (Wildman–Crippen MR) is 140 cm³/mol. The van der Waals surface area contributed by atoms with Crippen molar-refractivity contribution >= 4 is 28.8 Å². The highest BCUT2D eigenvalue weighted by atomic mass is 32.1. The molecule has 3 aromatic rings. The molecule has 1 aliphatic rings. The van der Waals surface area contributed by atoms with Gasteiger partial charge in [0.2, 0.25) is 5.75 Å². The van der Waals surface area contributed by atoms with Gasteiger partial charge in [0.1, 0.15) is 11.5 Å². The van der Waals surface area contributed by atoms with E-state index in [1.807, 2.05) is 24.4 Å². The zero-order valence-corrected chi connectivity index (χ0v) is 22.0. The van der Waals surface area contributed by atoms with Crippen molar-refractivity contribution in [3.05, 3.63) is 75.5 Å². The number of carbonyl (C=O) groups excluding carboxylic acids is 2. The highest BCUT2D eigenvalue weighted by Crippen LogP contribution is 2.46. The Morgan fingerprint density at radius 2 is 1.73 bits per heavy atom. The molecule has 1 amide bonds. The number of rotatable bonds is 10. The molecule has 1 N–H and O–H groups in total. The molecule has 0 aliphatic carbocycles. The first-order valence-corrected chi connectivity index (χ1v) is 12.6. The largest absolute Gasteiger partial charge is 0.507 e. The summed E-state index contributed by atoms with van der Waals surface area (Å²) in [6.45, 7) is 2.71. The third kappa shape index (κ3) is 5.13. The highest BCUT2D eigenvalue weighted by molar-refractivity contribution is 7.09. The van der Waals surface area contributed by atoms with E-state index in [-0.39, 0.29) is 17.9 Å². The summed E-state index contributed by atoms with van der Waals surface area (Å²) in [7, 11) is 4.48. The third-order valence-electron chi connectivity index (χ3n) is 6.03. The number of nitrogens with zero attached hydrogens (tertiary/aromatic N) is 1. The molecule has 37 heavy (non-hydrogen) atoms. The van der Waals surface area contributed by atoms with E-state index in [1.54, 1.807) is 36.4 Å². The molecule has 0 radical (unpaired) electrons. The predicted octanol–water partition coefficient (Wildman–Crippen LogP) is 5.18. The fraction of sp³-hybridized carbons (Fsp3) is 0.286. The molecule has 0 saturated carbocycles. The van der Waals surface area contributed by atoms with Crippen LogP contribution in [0.2, 0.25) is 0 Å². The fourth-order valence-electron chi connectivity index (χ4n) is 4.33. The molecule has 1 fully saturated rings. The Kier molecular flexibility index (Phi) is 8.03. The zero-order valence-electron chi connectivity index (χ0n) is 21.1. The topological polar surface area (TPSA) is 94.5 Å². The zero-order chi connectivity index (χ0) is 26.5. The number of Topliss-reactive ketones (excluding diaryl/α,β-unsaturated/α-hetero) is 1. The van der Waals surface area contributed by atoms with Gasteiger partial charge in [0.15, 0.2) is 11.5 Å². The van der Waals surface area contributed by atoms with Gasteiger partial charge in [0.05, 0.1) is 46.1 Å². The van der Waals surface area contributed by atoms with Gasteiger partial charge in [-0.15, -0.1) is 11.3 Å². The molecule has 1 saturated heterocycles. The van der Waals surface area contributed by atoms with Crippen LogP contribution >= 0.6 is 11.3 Å². The lowest BCUT2D eigenvalue weighted by molar-refractivity contribution is -0.140. The Bertz CT molecular complexity index is 1290. The van der Waals surface area contributed by atoms with Crippen LogP contribution in [0, 0.1) is 0 Å². The van der Waals surface area contributed by atoms with Gasteiger partial charge in [-0.25, -0.2) is 0 Å². The van der Waals surface area contributed by atoms with Crippen molar-refractivity contribution in [1.82, 2.24) is 4.90 Å². The maximum absolute atomic E-state index is 13.4. The van der Waals surface area contributed by atoms with Crippen LogP contribution in [0.1, 0.15) is 35.4 Å². The van der Waals surface area contributed by atoms with Crippen LogP contribution in [0.25, 0.3) is 5.76 Å². The first-order chi connectivity index (χ1) is 17.9. The van der Waals surface area contributed by atoms with E-state index in [2.05, 4.69) is 0 Å². The monoisotopic (exact) mass is 523 g/mol. The minimum absolute atomic E-state index is 0.0246.